The molecule has 0 saturated carbocycles. The Hall–Kier alpha value is -2.43. The maximum atomic E-state index is 13.3. The number of rotatable bonds is 4. The molecule has 1 heterocycles. The summed E-state index contributed by atoms with van der Waals surface area (Å²) in [5, 5.41) is 5.72. The standard InChI is InChI=1S/C16H18FN3O/c1-4-18-15-14(8-12(17)9-19-15)16(21)20-13-6-5-10(2)11(3)7-13/h5-9H,4H2,1-3H3,(H,18,19)(H,20,21). The van der Waals surface area contributed by atoms with E-state index < -0.39 is 5.82 Å². The van der Waals surface area contributed by atoms with Crippen LogP contribution in [0.15, 0.2) is 30.5 Å². The Morgan fingerprint density at radius 3 is 2.67 bits per heavy atom. The third-order valence-electron chi connectivity index (χ3n) is 3.21. The zero-order valence-corrected chi connectivity index (χ0v) is 12.3. The van der Waals surface area contributed by atoms with E-state index in [9.17, 15) is 9.18 Å². The quantitative estimate of drug-likeness (QED) is 0.904. The summed E-state index contributed by atoms with van der Waals surface area (Å²) in [5.74, 6) is -0.552. The van der Waals surface area contributed by atoms with Gasteiger partial charge in [0.05, 0.1) is 11.8 Å². The maximum Gasteiger partial charge on any atom is 0.259 e. The minimum Gasteiger partial charge on any atom is -0.370 e. The number of nitrogens with one attached hydrogen (secondary N) is 2. The largest absolute Gasteiger partial charge is 0.370 e. The van der Waals surface area contributed by atoms with Gasteiger partial charge < -0.3 is 10.6 Å². The second kappa shape index (κ2) is 6.35. The number of carbonyl (C=O) groups excluding carboxylic acids is 1. The zero-order valence-electron chi connectivity index (χ0n) is 12.3. The molecule has 1 aromatic carbocycles. The topological polar surface area (TPSA) is 54.0 Å². The number of amides is 1. The first-order valence-corrected chi connectivity index (χ1v) is 6.79. The lowest BCUT2D eigenvalue weighted by atomic mass is 10.1. The van der Waals surface area contributed by atoms with Gasteiger partial charge in [-0.1, -0.05) is 6.07 Å². The van der Waals surface area contributed by atoms with E-state index in [1.807, 2.05) is 39.0 Å². The Labute approximate surface area is 123 Å². The minimum absolute atomic E-state index is 0.190. The van der Waals surface area contributed by atoms with Crippen molar-refractivity contribution in [2.75, 3.05) is 17.2 Å². The first-order chi connectivity index (χ1) is 10.0. The van der Waals surface area contributed by atoms with Crippen molar-refractivity contribution in [3.8, 4) is 0 Å². The van der Waals surface area contributed by atoms with E-state index >= 15 is 0 Å². The Morgan fingerprint density at radius 1 is 1.24 bits per heavy atom. The number of halogens is 1. The van der Waals surface area contributed by atoms with Crippen LogP contribution in [0.5, 0.6) is 0 Å². The molecule has 0 spiro atoms. The molecular formula is C16H18FN3O. The summed E-state index contributed by atoms with van der Waals surface area (Å²) in [4.78, 5) is 16.2. The summed E-state index contributed by atoms with van der Waals surface area (Å²) < 4.78 is 13.3. The number of pyridine rings is 1. The van der Waals surface area contributed by atoms with E-state index in [4.69, 9.17) is 0 Å². The summed E-state index contributed by atoms with van der Waals surface area (Å²) in [6.07, 6.45) is 1.09. The molecule has 4 nitrogen and oxygen atoms in total. The Kier molecular flexibility index (Phi) is 4.52. The average Bonchev–Trinajstić information content (AvgIpc) is 2.45. The number of hydrogen-bond donors (Lipinski definition) is 2. The summed E-state index contributed by atoms with van der Waals surface area (Å²) >= 11 is 0. The predicted molar refractivity (Wildman–Crippen MR) is 82.2 cm³/mol. The molecule has 110 valence electrons. The molecule has 1 amide bonds. The Morgan fingerprint density at radius 2 is 2.00 bits per heavy atom. The van der Waals surface area contributed by atoms with Gasteiger partial charge in [-0.25, -0.2) is 9.37 Å². The molecule has 0 saturated heterocycles. The lowest BCUT2D eigenvalue weighted by Crippen LogP contribution is -2.16. The Balaban J connectivity index is 2.27. The third-order valence-corrected chi connectivity index (χ3v) is 3.21. The molecule has 0 radical (unpaired) electrons. The second-order valence-electron chi connectivity index (χ2n) is 4.83. The predicted octanol–water partition coefficient (Wildman–Crippen LogP) is 3.52. The van der Waals surface area contributed by atoms with Gasteiger partial charge in [0.15, 0.2) is 0 Å². The zero-order chi connectivity index (χ0) is 15.4. The van der Waals surface area contributed by atoms with Gasteiger partial charge in [0.25, 0.3) is 5.91 Å². The number of anilines is 2. The van der Waals surface area contributed by atoms with Crippen LogP contribution < -0.4 is 10.6 Å². The summed E-state index contributed by atoms with van der Waals surface area (Å²) in [5.41, 5.74) is 3.09. The molecule has 0 fully saturated rings. The summed E-state index contributed by atoms with van der Waals surface area (Å²) in [6.45, 7) is 6.46. The monoisotopic (exact) mass is 287 g/mol. The van der Waals surface area contributed by atoms with Crippen molar-refractivity contribution in [2.24, 2.45) is 0 Å². The molecule has 0 unspecified atom stereocenters. The van der Waals surface area contributed by atoms with Crippen molar-refractivity contribution >= 4 is 17.4 Å². The van der Waals surface area contributed by atoms with Crippen LogP contribution in [0.25, 0.3) is 0 Å². The van der Waals surface area contributed by atoms with Crippen molar-refractivity contribution in [3.63, 3.8) is 0 Å². The maximum absolute atomic E-state index is 13.3. The van der Waals surface area contributed by atoms with Crippen LogP contribution in [0.2, 0.25) is 0 Å². The van der Waals surface area contributed by atoms with Crippen LogP contribution in [0.3, 0.4) is 0 Å². The van der Waals surface area contributed by atoms with Crippen LogP contribution >= 0.6 is 0 Å². The fourth-order valence-corrected chi connectivity index (χ4v) is 1.94. The molecule has 5 heteroatoms. The Bertz CT molecular complexity index is 671. The number of nitrogens with zero attached hydrogens (tertiary/aromatic N) is 1. The van der Waals surface area contributed by atoms with Crippen molar-refractivity contribution in [2.45, 2.75) is 20.8 Å². The van der Waals surface area contributed by atoms with Crippen molar-refractivity contribution < 1.29 is 9.18 Å². The molecule has 0 aliphatic heterocycles. The van der Waals surface area contributed by atoms with Gasteiger partial charge in [0.2, 0.25) is 0 Å². The van der Waals surface area contributed by atoms with E-state index in [-0.39, 0.29) is 11.5 Å². The second-order valence-corrected chi connectivity index (χ2v) is 4.83. The average molecular weight is 287 g/mol. The number of aryl methyl sites for hydroxylation is 2. The van der Waals surface area contributed by atoms with Crippen LogP contribution in [0, 0.1) is 19.7 Å². The molecule has 2 rings (SSSR count). The highest BCUT2D eigenvalue weighted by Crippen LogP contribution is 2.18. The smallest absolute Gasteiger partial charge is 0.259 e. The number of carbonyl (C=O) groups is 1. The normalized spacial score (nSPS) is 10.3. The highest BCUT2D eigenvalue weighted by molar-refractivity contribution is 6.07. The highest BCUT2D eigenvalue weighted by Gasteiger charge is 2.14. The lowest BCUT2D eigenvalue weighted by molar-refractivity contribution is 0.102. The number of benzene rings is 1. The lowest BCUT2D eigenvalue weighted by Gasteiger charge is -2.11. The van der Waals surface area contributed by atoms with Gasteiger partial charge in [0, 0.05) is 12.2 Å². The molecule has 2 aromatic rings. The summed E-state index contributed by atoms with van der Waals surface area (Å²) in [7, 11) is 0. The van der Waals surface area contributed by atoms with E-state index in [0.717, 1.165) is 17.3 Å². The fraction of sp³-hybridized carbons (Fsp3) is 0.250. The van der Waals surface area contributed by atoms with Gasteiger partial charge in [-0.2, -0.15) is 0 Å². The molecule has 0 aliphatic carbocycles. The number of hydrogen-bond acceptors (Lipinski definition) is 3. The van der Waals surface area contributed by atoms with Gasteiger partial charge in [-0.15, -0.1) is 0 Å². The minimum atomic E-state index is -0.540. The fourth-order valence-electron chi connectivity index (χ4n) is 1.94. The van der Waals surface area contributed by atoms with Crippen molar-refractivity contribution in [1.82, 2.24) is 4.98 Å². The highest BCUT2D eigenvalue weighted by atomic mass is 19.1. The van der Waals surface area contributed by atoms with Crippen molar-refractivity contribution in [1.29, 1.82) is 0 Å². The first kappa shape index (κ1) is 15.0. The van der Waals surface area contributed by atoms with E-state index in [1.165, 1.54) is 6.07 Å². The van der Waals surface area contributed by atoms with E-state index in [2.05, 4.69) is 15.6 Å². The SMILES string of the molecule is CCNc1ncc(F)cc1C(=O)Nc1ccc(C)c(C)c1. The van der Waals surface area contributed by atoms with Gasteiger partial charge >= 0.3 is 0 Å². The van der Waals surface area contributed by atoms with Crippen molar-refractivity contribution in [3.05, 3.63) is 53.0 Å². The van der Waals surface area contributed by atoms with Crippen LogP contribution in [-0.4, -0.2) is 17.4 Å². The number of aromatic nitrogens is 1. The molecular weight excluding hydrogens is 269 g/mol. The first-order valence-electron chi connectivity index (χ1n) is 6.79. The summed E-state index contributed by atoms with van der Waals surface area (Å²) in [6, 6.07) is 6.81. The molecule has 2 N–H and O–H groups in total. The molecule has 1 aromatic heterocycles. The third kappa shape index (κ3) is 3.56. The molecule has 0 atom stereocenters. The van der Waals surface area contributed by atoms with Crippen LogP contribution in [0.4, 0.5) is 15.9 Å². The molecule has 0 bridgehead atoms. The van der Waals surface area contributed by atoms with E-state index in [1.54, 1.807) is 0 Å². The van der Waals surface area contributed by atoms with Gasteiger partial charge in [-0.05, 0) is 50.1 Å². The molecule has 0 aliphatic rings. The van der Waals surface area contributed by atoms with Gasteiger partial charge in [-0.3, -0.25) is 4.79 Å². The van der Waals surface area contributed by atoms with Crippen LogP contribution in [-0.2, 0) is 0 Å². The van der Waals surface area contributed by atoms with Crippen LogP contribution in [0.1, 0.15) is 28.4 Å². The van der Waals surface area contributed by atoms with Gasteiger partial charge in [0.1, 0.15) is 11.6 Å². The molecule has 21 heavy (non-hydrogen) atoms. The van der Waals surface area contributed by atoms with E-state index in [0.29, 0.717) is 18.1 Å².